The van der Waals surface area contributed by atoms with Crippen molar-refractivity contribution in [3.8, 4) is 0 Å². The summed E-state index contributed by atoms with van der Waals surface area (Å²) in [6.45, 7) is 0. The predicted octanol–water partition coefficient (Wildman–Crippen LogP) is 6.69. The van der Waals surface area contributed by atoms with E-state index in [0.29, 0.717) is 16.3 Å². The third-order valence-electron chi connectivity index (χ3n) is 6.79. The first-order chi connectivity index (χ1) is 22.6. The molecule has 4 amide bonds. The van der Waals surface area contributed by atoms with E-state index in [-0.39, 0.29) is 28.6 Å². The molecule has 0 spiro atoms. The molecule has 11 nitrogen and oxygen atoms in total. The number of hydrogen-bond acceptors (Lipinski definition) is 8. The number of nitrogens with zero attached hydrogens (tertiary/aromatic N) is 3. The van der Waals surface area contributed by atoms with Crippen molar-refractivity contribution < 1.29 is 24.1 Å². The third kappa shape index (κ3) is 7.11. The van der Waals surface area contributed by atoms with E-state index in [0.717, 1.165) is 38.4 Å². The van der Waals surface area contributed by atoms with Crippen LogP contribution in [0.5, 0.6) is 0 Å². The number of hydrogen-bond donors (Lipinski definition) is 2. The number of amides is 4. The van der Waals surface area contributed by atoms with Gasteiger partial charge in [0, 0.05) is 27.7 Å². The molecule has 0 aliphatic carbocycles. The fourth-order valence-electron chi connectivity index (χ4n) is 4.53. The van der Waals surface area contributed by atoms with E-state index < -0.39 is 16.7 Å². The Balaban J connectivity index is 0.000000165. The van der Waals surface area contributed by atoms with E-state index in [2.05, 4.69) is 56.0 Å². The number of nitrogens with one attached hydrogen (secondary N) is 2. The van der Waals surface area contributed by atoms with Gasteiger partial charge in [-0.15, -0.1) is 22.7 Å². The highest BCUT2D eigenvalue weighted by atomic mass is 127. The molecule has 2 aromatic heterocycles. The quantitative estimate of drug-likeness (QED) is 0.0663. The van der Waals surface area contributed by atoms with Gasteiger partial charge in [-0.25, -0.2) is 10.0 Å². The average Bonchev–Trinajstić information content (AvgIpc) is 3.82. The molecule has 0 bridgehead atoms. The number of carbonyl (C=O) groups excluding carboxylic acids is 4. The number of anilines is 2. The smallest absolute Gasteiger partial charge is 0.267 e. The van der Waals surface area contributed by atoms with E-state index in [1.54, 1.807) is 29.5 Å². The number of nitro groups is 1. The lowest BCUT2D eigenvalue weighted by Gasteiger charge is -2.14. The van der Waals surface area contributed by atoms with Crippen molar-refractivity contribution in [3.05, 3.63) is 128 Å². The average molecular weight is 887 g/mol. The lowest BCUT2D eigenvalue weighted by molar-refractivity contribution is -0.384. The summed E-state index contributed by atoms with van der Waals surface area (Å²) in [5.41, 5.74) is 6.33. The monoisotopic (exact) mass is 887 g/mol. The normalized spacial score (nSPS) is 16.1. The Morgan fingerprint density at radius 3 is 1.70 bits per heavy atom. The summed E-state index contributed by atoms with van der Waals surface area (Å²) < 4.78 is 3.20. The molecule has 2 aliphatic heterocycles. The van der Waals surface area contributed by atoms with E-state index in [9.17, 15) is 29.3 Å². The summed E-state index contributed by atoms with van der Waals surface area (Å²) in [6.07, 6.45) is 3.02. The van der Waals surface area contributed by atoms with E-state index in [1.807, 2.05) is 66.7 Å². The highest BCUT2D eigenvalue weighted by molar-refractivity contribution is 14.1. The van der Waals surface area contributed by atoms with Gasteiger partial charge in [-0.3, -0.25) is 40.1 Å². The molecular formula is C32H19I2N5O6S2. The summed E-state index contributed by atoms with van der Waals surface area (Å²) >= 11 is 6.99. The molecule has 3 aromatic carbocycles. The number of thiophene rings is 2. The van der Waals surface area contributed by atoms with Crippen molar-refractivity contribution in [1.82, 2.24) is 10.9 Å². The molecule has 5 aromatic rings. The van der Waals surface area contributed by atoms with Crippen molar-refractivity contribution in [2.45, 2.75) is 0 Å². The fourth-order valence-corrected chi connectivity index (χ4v) is 7.04. The Hall–Kier alpha value is -4.46. The summed E-state index contributed by atoms with van der Waals surface area (Å²) in [5.74, 6) is -1.74. The van der Waals surface area contributed by atoms with Gasteiger partial charge < -0.3 is 0 Å². The van der Waals surface area contributed by atoms with Gasteiger partial charge in [-0.2, -0.15) is 0 Å². The van der Waals surface area contributed by atoms with Crippen LogP contribution in [0.25, 0.3) is 22.2 Å². The van der Waals surface area contributed by atoms with Crippen molar-refractivity contribution in [1.29, 1.82) is 0 Å². The highest BCUT2D eigenvalue weighted by Gasteiger charge is 2.35. The number of benzene rings is 3. The Kier molecular flexibility index (Phi) is 9.48. The topological polar surface area (TPSA) is 142 Å². The minimum Gasteiger partial charge on any atom is -0.267 e. The standard InChI is InChI=1S/C18H11IN2O2S.C14H8IN3O4S/c19-12-5-7-13(8-6-12)21-18(23)15(17(22)20-21)10-14-9-11-3-1-2-4-16(11)24-14;15-8-1-3-9(4-2-8)17-14(20)12(13(19)16-17)6-11-5-10(7-23-11)18(21)22/h1-10H,(H,20,22);1-7H,(H,16,19)/b15-10-;12-6-. The first-order valence-corrected chi connectivity index (χ1v) is 17.4. The molecule has 0 saturated carbocycles. The zero-order valence-electron chi connectivity index (χ0n) is 23.7. The van der Waals surface area contributed by atoms with Crippen LogP contribution in [0.1, 0.15) is 9.75 Å². The first-order valence-electron chi connectivity index (χ1n) is 13.5. The highest BCUT2D eigenvalue weighted by Crippen LogP contribution is 2.30. The lowest BCUT2D eigenvalue weighted by atomic mass is 10.2. The van der Waals surface area contributed by atoms with Crippen LogP contribution >= 0.6 is 67.9 Å². The van der Waals surface area contributed by atoms with Gasteiger partial charge in [0.25, 0.3) is 29.3 Å². The minimum absolute atomic E-state index is 0.0553. The molecule has 234 valence electrons. The molecule has 2 saturated heterocycles. The Morgan fingerprint density at radius 2 is 1.21 bits per heavy atom. The Bertz CT molecular complexity index is 2110. The van der Waals surface area contributed by atoms with Crippen molar-refractivity contribution >= 4 is 131 Å². The number of fused-ring (bicyclic) bond motifs is 1. The molecule has 7 rings (SSSR count). The van der Waals surface area contributed by atoms with Crippen LogP contribution in [-0.2, 0) is 19.2 Å². The van der Waals surface area contributed by atoms with Gasteiger partial charge in [0.05, 0.1) is 21.7 Å². The van der Waals surface area contributed by atoms with Crippen molar-refractivity contribution in [2.24, 2.45) is 0 Å². The molecule has 0 unspecified atom stereocenters. The first kappa shape index (κ1) is 32.5. The number of halogens is 2. The Morgan fingerprint density at radius 1 is 0.702 bits per heavy atom. The molecule has 15 heteroatoms. The van der Waals surface area contributed by atoms with E-state index in [4.69, 9.17) is 0 Å². The molecule has 0 atom stereocenters. The van der Waals surface area contributed by atoms with Crippen LogP contribution < -0.4 is 20.9 Å². The molecule has 2 N–H and O–H groups in total. The van der Waals surface area contributed by atoms with Crippen molar-refractivity contribution in [2.75, 3.05) is 10.0 Å². The molecular weight excluding hydrogens is 868 g/mol. The minimum atomic E-state index is -0.537. The summed E-state index contributed by atoms with van der Waals surface area (Å²) in [4.78, 5) is 60.7. The molecule has 4 heterocycles. The number of carbonyl (C=O) groups is 4. The third-order valence-corrected chi connectivity index (χ3v) is 10.2. The van der Waals surface area contributed by atoms with Gasteiger partial charge in [0.15, 0.2) is 0 Å². The molecule has 2 aliphatic rings. The van der Waals surface area contributed by atoms with Crippen LogP contribution in [0.3, 0.4) is 0 Å². The fraction of sp³-hybridized carbons (Fsp3) is 0. The maximum Gasteiger partial charge on any atom is 0.282 e. The Labute approximate surface area is 301 Å². The largest absolute Gasteiger partial charge is 0.282 e. The summed E-state index contributed by atoms with van der Waals surface area (Å²) in [6, 6.07) is 25.8. The summed E-state index contributed by atoms with van der Waals surface area (Å²) in [7, 11) is 0. The SMILES string of the molecule is O=C1NN(c2ccc(I)cc2)C(=O)/C1=C\c1cc([N+](=O)[O-])cs1.O=C1NN(c2ccc(I)cc2)C(=O)/C1=C\c1cc2ccccc2s1. The molecule has 47 heavy (non-hydrogen) atoms. The van der Waals surface area contributed by atoms with Gasteiger partial charge in [-0.05, 0) is 123 Å². The lowest BCUT2D eigenvalue weighted by Crippen LogP contribution is -2.35. The van der Waals surface area contributed by atoms with Gasteiger partial charge >= 0.3 is 0 Å². The molecule has 2 fully saturated rings. The maximum absolute atomic E-state index is 12.6. The van der Waals surface area contributed by atoms with Crippen molar-refractivity contribution in [3.63, 3.8) is 0 Å². The second-order valence-electron chi connectivity index (χ2n) is 9.88. The maximum atomic E-state index is 12.6. The van der Waals surface area contributed by atoms with Crippen LogP contribution in [0.15, 0.2) is 101 Å². The van der Waals surface area contributed by atoms with Crippen LogP contribution in [0.2, 0.25) is 0 Å². The second kappa shape index (κ2) is 13.7. The number of hydrazine groups is 2. The van der Waals surface area contributed by atoms with Gasteiger partial charge in [0.2, 0.25) is 0 Å². The van der Waals surface area contributed by atoms with Crippen LogP contribution in [-0.4, -0.2) is 28.6 Å². The predicted molar refractivity (Wildman–Crippen MR) is 198 cm³/mol. The van der Waals surface area contributed by atoms with E-state index in [1.165, 1.54) is 22.5 Å². The zero-order chi connectivity index (χ0) is 33.2. The summed E-state index contributed by atoms with van der Waals surface area (Å²) in [5, 5.41) is 15.6. The van der Waals surface area contributed by atoms with E-state index >= 15 is 0 Å². The van der Waals surface area contributed by atoms with Crippen LogP contribution in [0.4, 0.5) is 17.1 Å². The number of rotatable bonds is 5. The van der Waals surface area contributed by atoms with Gasteiger partial charge in [-0.1, -0.05) is 18.2 Å². The molecule has 0 radical (unpaired) electrons. The zero-order valence-corrected chi connectivity index (χ0v) is 29.6. The second-order valence-corrected chi connectivity index (χ2v) is 14.4. The van der Waals surface area contributed by atoms with Crippen LogP contribution in [0, 0.1) is 17.3 Å². The van der Waals surface area contributed by atoms with Gasteiger partial charge in [0.1, 0.15) is 11.1 Å².